The highest BCUT2D eigenvalue weighted by molar-refractivity contribution is 6.30. The van der Waals surface area contributed by atoms with Crippen molar-refractivity contribution in [2.75, 3.05) is 13.7 Å². The first-order chi connectivity index (χ1) is 10.7. The summed E-state index contributed by atoms with van der Waals surface area (Å²) in [5.41, 5.74) is 2.21. The lowest BCUT2D eigenvalue weighted by atomic mass is 10.1. The standard InChI is InChI=1S/C18H16ClNO2/c1-22-18(21)17(15-5-3-2-4-6-15)13-20-12-11-14-7-9-16(19)10-8-14/h2-10H,11-12H2,1H3. The Labute approximate surface area is 134 Å². The monoisotopic (exact) mass is 313 g/mol. The van der Waals surface area contributed by atoms with Gasteiger partial charge in [-0.1, -0.05) is 54.1 Å². The van der Waals surface area contributed by atoms with E-state index in [1.54, 1.807) is 0 Å². The Morgan fingerprint density at radius 1 is 1.14 bits per heavy atom. The van der Waals surface area contributed by atoms with Crippen molar-refractivity contribution < 1.29 is 9.53 Å². The van der Waals surface area contributed by atoms with Gasteiger partial charge in [-0.3, -0.25) is 0 Å². The maximum absolute atomic E-state index is 11.8. The quantitative estimate of drug-likeness (QED) is 0.478. The minimum Gasteiger partial charge on any atom is -0.465 e. The van der Waals surface area contributed by atoms with Crippen molar-refractivity contribution in [3.8, 4) is 0 Å². The van der Waals surface area contributed by atoms with Gasteiger partial charge in [-0.05, 0) is 35.6 Å². The SMILES string of the molecule is COC(=O)C(=C=NCCc1ccc(Cl)cc1)c1ccccc1. The molecule has 0 atom stereocenters. The van der Waals surface area contributed by atoms with Gasteiger partial charge >= 0.3 is 5.97 Å². The first-order valence-electron chi connectivity index (χ1n) is 6.88. The van der Waals surface area contributed by atoms with Crippen LogP contribution in [0.1, 0.15) is 11.1 Å². The van der Waals surface area contributed by atoms with E-state index in [9.17, 15) is 4.79 Å². The van der Waals surface area contributed by atoms with E-state index in [4.69, 9.17) is 16.3 Å². The number of benzene rings is 2. The zero-order valence-electron chi connectivity index (χ0n) is 12.3. The number of hydrogen-bond donors (Lipinski definition) is 0. The number of esters is 1. The minimum absolute atomic E-state index is 0.333. The van der Waals surface area contributed by atoms with E-state index < -0.39 is 5.97 Å². The van der Waals surface area contributed by atoms with Gasteiger partial charge in [0.1, 0.15) is 5.57 Å². The highest BCUT2D eigenvalue weighted by Crippen LogP contribution is 2.12. The predicted molar refractivity (Wildman–Crippen MR) is 89.3 cm³/mol. The zero-order chi connectivity index (χ0) is 15.8. The Kier molecular flexibility index (Phi) is 5.96. The average molecular weight is 314 g/mol. The highest BCUT2D eigenvalue weighted by atomic mass is 35.5. The van der Waals surface area contributed by atoms with Crippen LogP contribution in [0.2, 0.25) is 5.02 Å². The van der Waals surface area contributed by atoms with Crippen LogP contribution in [0.15, 0.2) is 59.6 Å². The summed E-state index contributed by atoms with van der Waals surface area (Å²) in [4.78, 5) is 16.0. The molecule has 2 rings (SSSR count). The molecule has 0 heterocycles. The molecule has 112 valence electrons. The van der Waals surface area contributed by atoms with Gasteiger partial charge < -0.3 is 4.74 Å². The lowest BCUT2D eigenvalue weighted by molar-refractivity contribution is -0.133. The number of ether oxygens (including phenoxy) is 1. The van der Waals surface area contributed by atoms with Crippen LogP contribution in [0.4, 0.5) is 0 Å². The molecule has 0 aliphatic carbocycles. The fraction of sp³-hybridized carbons (Fsp3) is 0.167. The molecule has 0 unspecified atom stereocenters. The molecule has 4 heteroatoms. The molecular weight excluding hydrogens is 298 g/mol. The summed E-state index contributed by atoms with van der Waals surface area (Å²) in [6, 6.07) is 16.9. The van der Waals surface area contributed by atoms with Crippen molar-refractivity contribution in [2.45, 2.75) is 6.42 Å². The number of halogens is 1. The predicted octanol–water partition coefficient (Wildman–Crippen LogP) is 3.81. The fourth-order valence-electron chi connectivity index (χ4n) is 1.91. The Balaban J connectivity index is 2.11. The van der Waals surface area contributed by atoms with Gasteiger partial charge in [-0.25, -0.2) is 9.79 Å². The third-order valence-electron chi connectivity index (χ3n) is 3.07. The number of hydrogen-bond acceptors (Lipinski definition) is 3. The lowest BCUT2D eigenvalue weighted by Gasteiger charge is -2.01. The second kappa shape index (κ2) is 8.18. The normalized spacial score (nSPS) is 9.73. The van der Waals surface area contributed by atoms with Gasteiger partial charge in [-0.2, -0.15) is 0 Å². The molecule has 0 aromatic heterocycles. The third kappa shape index (κ3) is 4.59. The van der Waals surface area contributed by atoms with Gasteiger partial charge in [0.2, 0.25) is 0 Å². The van der Waals surface area contributed by atoms with E-state index in [0.717, 1.165) is 17.5 Å². The average Bonchev–Trinajstić information content (AvgIpc) is 2.56. The maximum Gasteiger partial charge on any atom is 0.347 e. The van der Waals surface area contributed by atoms with E-state index >= 15 is 0 Å². The molecule has 3 nitrogen and oxygen atoms in total. The van der Waals surface area contributed by atoms with Gasteiger partial charge in [0.05, 0.1) is 13.7 Å². The van der Waals surface area contributed by atoms with E-state index in [-0.39, 0.29) is 0 Å². The fourth-order valence-corrected chi connectivity index (χ4v) is 2.03. The van der Waals surface area contributed by atoms with Crippen LogP contribution in [0.25, 0.3) is 5.57 Å². The van der Waals surface area contributed by atoms with E-state index in [2.05, 4.69) is 10.9 Å². The van der Waals surface area contributed by atoms with E-state index in [1.165, 1.54) is 7.11 Å². The molecule has 22 heavy (non-hydrogen) atoms. The van der Waals surface area contributed by atoms with Gasteiger partial charge in [0.15, 0.2) is 0 Å². The van der Waals surface area contributed by atoms with E-state index in [0.29, 0.717) is 17.1 Å². The number of methoxy groups -OCH3 is 1. The molecule has 0 spiro atoms. The molecule has 0 amide bonds. The van der Waals surface area contributed by atoms with Gasteiger partial charge in [0.25, 0.3) is 0 Å². The summed E-state index contributed by atoms with van der Waals surface area (Å²) in [7, 11) is 1.35. The van der Waals surface area contributed by atoms with E-state index in [1.807, 2.05) is 54.6 Å². The largest absolute Gasteiger partial charge is 0.465 e. The molecule has 2 aromatic carbocycles. The molecule has 0 N–H and O–H groups in total. The summed E-state index contributed by atoms with van der Waals surface area (Å²) >= 11 is 5.84. The Bertz CT molecular complexity index is 687. The third-order valence-corrected chi connectivity index (χ3v) is 3.32. The molecular formula is C18H16ClNO2. The number of nitrogens with zero attached hydrogens (tertiary/aromatic N) is 1. The maximum atomic E-state index is 11.8. The molecule has 0 saturated carbocycles. The van der Waals surface area contributed by atoms with Crippen molar-refractivity contribution in [3.05, 3.63) is 70.7 Å². The summed E-state index contributed by atoms with van der Waals surface area (Å²) < 4.78 is 4.78. The summed E-state index contributed by atoms with van der Waals surface area (Å²) in [5.74, 6) is 2.37. The van der Waals surface area contributed by atoms with Crippen LogP contribution >= 0.6 is 11.6 Å². The molecule has 0 aliphatic heterocycles. The molecule has 0 fully saturated rings. The second-order valence-electron chi connectivity index (χ2n) is 4.60. The highest BCUT2D eigenvalue weighted by Gasteiger charge is 2.11. The second-order valence-corrected chi connectivity index (χ2v) is 5.04. The van der Waals surface area contributed by atoms with Crippen LogP contribution in [0.3, 0.4) is 0 Å². The topological polar surface area (TPSA) is 38.7 Å². The molecule has 0 aliphatic rings. The minimum atomic E-state index is -0.443. The van der Waals surface area contributed by atoms with Crippen molar-refractivity contribution in [2.24, 2.45) is 4.99 Å². The van der Waals surface area contributed by atoms with Crippen LogP contribution in [0, 0.1) is 0 Å². The van der Waals surface area contributed by atoms with Crippen molar-refractivity contribution in [1.82, 2.24) is 0 Å². The van der Waals surface area contributed by atoms with Crippen LogP contribution in [-0.4, -0.2) is 25.5 Å². The smallest absolute Gasteiger partial charge is 0.347 e. The summed E-state index contributed by atoms with van der Waals surface area (Å²) in [6.45, 7) is 0.537. The first kappa shape index (κ1) is 16.0. The van der Waals surface area contributed by atoms with Crippen LogP contribution < -0.4 is 0 Å². The number of rotatable bonds is 5. The molecule has 2 aromatic rings. The molecule has 0 radical (unpaired) electrons. The Hall–Kier alpha value is -2.35. The van der Waals surface area contributed by atoms with Crippen molar-refractivity contribution in [1.29, 1.82) is 0 Å². The van der Waals surface area contributed by atoms with Crippen LogP contribution in [0.5, 0.6) is 0 Å². The molecule has 0 saturated heterocycles. The number of carbonyl (C=O) groups is 1. The van der Waals surface area contributed by atoms with Gasteiger partial charge in [0, 0.05) is 5.02 Å². The van der Waals surface area contributed by atoms with Crippen molar-refractivity contribution in [3.63, 3.8) is 0 Å². The Morgan fingerprint density at radius 3 is 2.45 bits per heavy atom. The Morgan fingerprint density at radius 2 is 1.82 bits per heavy atom. The lowest BCUT2D eigenvalue weighted by Crippen LogP contribution is -2.04. The number of aliphatic imine (C=N–C) groups is 1. The summed E-state index contributed by atoms with van der Waals surface area (Å²) in [6.07, 6.45) is 0.757. The first-order valence-corrected chi connectivity index (χ1v) is 7.26. The van der Waals surface area contributed by atoms with Gasteiger partial charge in [-0.15, -0.1) is 0 Å². The van der Waals surface area contributed by atoms with Crippen molar-refractivity contribution >= 4 is 29.0 Å². The molecule has 0 bridgehead atoms. The zero-order valence-corrected chi connectivity index (χ0v) is 13.0. The van der Waals surface area contributed by atoms with Crippen LogP contribution in [-0.2, 0) is 16.0 Å². The number of carbonyl (C=O) groups excluding carboxylic acids is 1. The summed E-state index contributed by atoms with van der Waals surface area (Å²) in [5, 5.41) is 0.712.